The highest BCUT2D eigenvalue weighted by molar-refractivity contribution is 5.91. The van der Waals surface area contributed by atoms with Crippen LogP contribution >= 0.6 is 0 Å². The molecular formula is C13H18N2O4. The van der Waals surface area contributed by atoms with Crippen LogP contribution in [0.25, 0.3) is 0 Å². The second-order valence-electron chi connectivity index (χ2n) is 4.35. The van der Waals surface area contributed by atoms with Crippen molar-refractivity contribution in [3.05, 3.63) is 23.7 Å². The van der Waals surface area contributed by atoms with Gasteiger partial charge in [0.05, 0.1) is 12.3 Å². The van der Waals surface area contributed by atoms with Crippen molar-refractivity contribution in [3.8, 4) is 0 Å². The topological polar surface area (TPSA) is 73.1 Å². The summed E-state index contributed by atoms with van der Waals surface area (Å²) in [6.45, 7) is 2.81. The Kier molecular flexibility index (Phi) is 4.57. The third kappa shape index (κ3) is 3.57. The normalized spacial score (nSPS) is 18.0. The molecule has 0 spiro atoms. The molecular weight excluding hydrogens is 248 g/mol. The van der Waals surface area contributed by atoms with E-state index < -0.39 is 0 Å². The Balaban J connectivity index is 1.78. The summed E-state index contributed by atoms with van der Waals surface area (Å²) in [5, 5.41) is 6.71. The van der Waals surface area contributed by atoms with Crippen LogP contribution in [0.4, 0.5) is 0 Å². The number of ether oxygens (including phenoxy) is 1. The number of amides is 1. The number of carbonyl (C=O) groups excluding carboxylic acids is 1. The number of oxime groups is 1. The van der Waals surface area contributed by atoms with Gasteiger partial charge in [0.15, 0.2) is 5.76 Å². The van der Waals surface area contributed by atoms with Crippen molar-refractivity contribution in [2.45, 2.75) is 32.5 Å². The summed E-state index contributed by atoms with van der Waals surface area (Å²) in [5.74, 6) is 0.652. The smallest absolute Gasteiger partial charge is 0.287 e. The van der Waals surface area contributed by atoms with Crippen molar-refractivity contribution in [3.63, 3.8) is 0 Å². The molecule has 1 aromatic heterocycles. The predicted octanol–water partition coefficient (Wildman–Crippen LogP) is 1.71. The highest BCUT2D eigenvalue weighted by Gasteiger charge is 2.21. The Morgan fingerprint density at radius 3 is 3.11 bits per heavy atom. The Hall–Kier alpha value is -1.82. The van der Waals surface area contributed by atoms with Gasteiger partial charge in [0.1, 0.15) is 18.5 Å². The SMILES string of the molecule is CCC1=NO[C@H](CNC(=O)c2ccc(COC)o2)C1. The molecule has 1 aromatic rings. The van der Waals surface area contributed by atoms with Gasteiger partial charge in [-0.1, -0.05) is 12.1 Å². The molecule has 0 bridgehead atoms. The molecule has 1 aliphatic rings. The Morgan fingerprint density at radius 1 is 1.58 bits per heavy atom. The van der Waals surface area contributed by atoms with Crippen LogP contribution in [0.3, 0.4) is 0 Å². The van der Waals surface area contributed by atoms with E-state index in [2.05, 4.69) is 10.5 Å². The second kappa shape index (κ2) is 6.38. The van der Waals surface area contributed by atoms with Crippen LogP contribution in [0, 0.1) is 0 Å². The van der Waals surface area contributed by atoms with Crippen LogP contribution in [-0.4, -0.2) is 31.4 Å². The van der Waals surface area contributed by atoms with E-state index in [0.717, 1.165) is 18.6 Å². The minimum absolute atomic E-state index is 0.0766. The summed E-state index contributed by atoms with van der Waals surface area (Å²) in [6.07, 6.45) is 1.57. The maximum Gasteiger partial charge on any atom is 0.287 e. The fourth-order valence-corrected chi connectivity index (χ4v) is 1.82. The zero-order valence-corrected chi connectivity index (χ0v) is 11.1. The lowest BCUT2D eigenvalue weighted by Gasteiger charge is -2.08. The molecule has 2 rings (SSSR count). The molecule has 0 unspecified atom stereocenters. The quantitative estimate of drug-likeness (QED) is 0.850. The Bertz CT molecular complexity index is 467. The lowest BCUT2D eigenvalue weighted by atomic mass is 10.1. The summed E-state index contributed by atoms with van der Waals surface area (Å²) >= 11 is 0. The molecule has 0 saturated heterocycles. The number of nitrogens with one attached hydrogen (secondary N) is 1. The highest BCUT2D eigenvalue weighted by atomic mass is 16.6. The van der Waals surface area contributed by atoms with Crippen molar-refractivity contribution in [1.82, 2.24) is 5.32 Å². The molecule has 2 heterocycles. The molecule has 1 N–H and O–H groups in total. The number of furan rings is 1. The van der Waals surface area contributed by atoms with Gasteiger partial charge in [0, 0.05) is 13.5 Å². The molecule has 6 heteroatoms. The zero-order valence-electron chi connectivity index (χ0n) is 11.1. The molecule has 104 valence electrons. The van der Waals surface area contributed by atoms with E-state index in [1.54, 1.807) is 19.2 Å². The third-order valence-corrected chi connectivity index (χ3v) is 2.86. The van der Waals surface area contributed by atoms with Crippen LogP contribution in [0.15, 0.2) is 21.7 Å². The summed E-state index contributed by atoms with van der Waals surface area (Å²) < 4.78 is 10.3. The van der Waals surface area contributed by atoms with Crippen LogP contribution in [0.2, 0.25) is 0 Å². The van der Waals surface area contributed by atoms with Gasteiger partial charge in [0.2, 0.25) is 0 Å². The molecule has 0 fully saturated rings. The number of hydrogen-bond donors (Lipinski definition) is 1. The van der Waals surface area contributed by atoms with Crippen molar-refractivity contribution < 1.29 is 18.8 Å². The van der Waals surface area contributed by atoms with E-state index in [4.69, 9.17) is 14.0 Å². The fourth-order valence-electron chi connectivity index (χ4n) is 1.82. The molecule has 0 radical (unpaired) electrons. The van der Waals surface area contributed by atoms with Crippen molar-refractivity contribution in [2.24, 2.45) is 5.16 Å². The molecule has 0 saturated carbocycles. The van der Waals surface area contributed by atoms with E-state index >= 15 is 0 Å². The second-order valence-corrected chi connectivity index (χ2v) is 4.35. The van der Waals surface area contributed by atoms with Gasteiger partial charge in [-0.25, -0.2) is 0 Å². The predicted molar refractivity (Wildman–Crippen MR) is 69.0 cm³/mol. The average molecular weight is 266 g/mol. The van der Waals surface area contributed by atoms with Gasteiger partial charge in [0.25, 0.3) is 5.91 Å². The largest absolute Gasteiger partial charge is 0.453 e. The minimum Gasteiger partial charge on any atom is -0.453 e. The number of hydrogen-bond acceptors (Lipinski definition) is 5. The van der Waals surface area contributed by atoms with E-state index in [1.165, 1.54) is 0 Å². The number of carbonyl (C=O) groups is 1. The van der Waals surface area contributed by atoms with Gasteiger partial charge in [-0.05, 0) is 18.6 Å². The first-order chi connectivity index (χ1) is 9.22. The van der Waals surface area contributed by atoms with Crippen LogP contribution in [0.5, 0.6) is 0 Å². The molecule has 6 nitrogen and oxygen atoms in total. The maximum atomic E-state index is 11.8. The first-order valence-corrected chi connectivity index (χ1v) is 6.30. The average Bonchev–Trinajstić information content (AvgIpc) is 3.05. The lowest BCUT2D eigenvalue weighted by molar-refractivity contribution is 0.0736. The fraction of sp³-hybridized carbons (Fsp3) is 0.538. The molecule has 19 heavy (non-hydrogen) atoms. The molecule has 1 atom stereocenters. The lowest BCUT2D eigenvalue weighted by Crippen LogP contribution is -2.32. The van der Waals surface area contributed by atoms with Gasteiger partial charge >= 0.3 is 0 Å². The Morgan fingerprint density at radius 2 is 2.42 bits per heavy atom. The summed E-state index contributed by atoms with van der Waals surface area (Å²) in [7, 11) is 1.57. The summed E-state index contributed by atoms with van der Waals surface area (Å²) in [5.41, 5.74) is 1.03. The summed E-state index contributed by atoms with van der Waals surface area (Å²) in [6, 6.07) is 3.36. The van der Waals surface area contributed by atoms with Crippen molar-refractivity contribution in [1.29, 1.82) is 0 Å². The maximum absolute atomic E-state index is 11.8. The molecule has 0 aliphatic carbocycles. The monoisotopic (exact) mass is 266 g/mol. The number of rotatable bonds is 6. The highest BCUT2D eigenvalue weighted by Crippen LogP contribution is 2.12. The van der Waals surface area contributed by atoms with Crippen LogP contribution < -0.4 is 5.32 Å². The van der Waals surface area contributed by atoms with Gasteiger partial charge in [-0.15, -0.1) is 0 Å². The Labute approximate surface area is 111 Å². The summed E-state index contributed by atoms with van der Waals surface area (Å²) in [4.78, 5) is 17.0. The van der Waals surface area contributed by atoms with Gasteiger partial charge < -0.3 is 19.3 Å². The number of methoxy groups -OCH3 is 1. The standard InChI is InChI=1S/C13H18N2O4/c1-3-9-6-11(19-15-9)7-14-13(16)12-5-4-10(18-12)8-17-2/h4-5,11H,3,6-8H2,1-2H3,(H,14,16)/t11-/m0/s1. The first-order valence-electron chi connectivity index (χ1n) is 6.30. The molecule has 0 aromatic carbocycles. The minimum atomic E-state index is -0.254. The van der Waals surface area contributed by atoms with Crippen molar-refractivity contribution in [2.75, 3.05) is 13.7 Å². The zero-order chi connectivity index (χ0) is 13.7. The van der Waals surface area contributed by atoms with E-state index in [0.29, 0.717) is 18.9 Å². The van der Waals surface area contributed by atoms with Gasteiger partial charge in [-0.3, -0.25) is 4.79 Å². The molecule has 1 aliphatic heterocycles. The van der Waals surface area contributed by atoms with E-state index in [1.807, 2.05) is 6.92 Å². The van der Waals surface area contributed by atoms with Gasteiger partial charge in [-0.2, -0.15) is 0 Å². The van der Waals surface area contributed by atoms with E-state index in [-0.39, 0.29) is 17.8 Å². The molecule has 1 amide bonds. The van der Waals surface area contributed by atoms with E-state index in [9.17, 15) is 4.79 Å². The first kappa shape index (κ1) is 13.6. The van der Waals surface area contributed by atoms with Crippen molar-refractivity contribution >= 4 is 11.6 Å². The third-order valence-electron chi connectivity index (χ3n) is 2.86. The number of nitrogens with zero attached hydrogens (tertiary/aromatic N) is 1. The van der Waals surface area contributed by atoms with Crippen LogP contribution in [0.1, 0.15) is 36.1 Å². The van der Waals surface area contributed by atoms with Crippen LogP contribution in [-0.2, 0) is 16.2 Å².